The molecular formula is C21H24N2O4S. The summed E-state index contributed by atoms with van der Waals surface area (Å²) >= 11 is 0. The zero-order valence-electron chi connectivity index (χ0n) is 16.0. The molecule has 0 aliphatic carbocycles. The van der Waals surface area contributed by atoms with Gasteiger partial charge in [0.25, 0.3) is 5.91 Å². The van der Waals surface area contributed by atoms with E-state index in [9.17, 15) is 13.2 Å². The van der Waals surface area contributed by atoms with Gasteiger partial charge in [-0.1, -0.05) is 31.5 Å². The van der Waals surface area contributed by atoms with Crippen molar-refractivity contribution in [3.63, 3.8) is 0 Å². The Morgan fingerprint density at radius 3 is 2.57 bits per heavy atom. The van der Waals surface area contributed by atoms with Crippen molar-refractivity contribution in [2.45, 2.75) is 24.7 Å². The smallest absolute Gasteiger partial charge is 0.255 e. The third-order valence-electron chi connectivity index (χ3n) is 4.57. The molecule has 7 heteroatoms. The van der Waals surface area contributed by atoms with Gasteiger partial charge < -0.3 is 10.1 Å². The Bertz CT molecular complexity index is 982. The van der Waals surface area contributed by atoms with Crippen LogP contribution < -0.4 is 10.1 Å². The first kappa shape index (κ1) is 20.1. The van der Waals surface area contributed by atoms with Crippen LogP contribution in [0.25, 0.3) is 6.08 Å². The summed E-state index contributed by atoms with van der Waals surface area (Å²) in [5.41, 5.74) is 1.89. The van der Waals surface area contributed by atoms with Gasteiger partial charge in [-0.15, -0.1) is 0 Å². The van der Waals surface area contributed by atoms with Gasteiger partial charge in [-0.05, 0) is 42.8 Å². The van der Waals surface area contributed by atoms with E-state index in [0.29, 0.717) is 17.8 Å². The average molecular weight is 401 g/mol. The summed E-state index contributed by atoms with van der Waals surface area (Å²) in [5, 5.41) is 2.79. The number of para-hydroxylation sites is 1. The molecule has 0 unspecified atom stereocenters. The third-order valence-corrected chi connectivity index (χ3v) is 6.44. The lowest BCUT2D eigenvalue weighted by atomic mass is 10.1. The summed E-state index contributed by atoms with van der Waals surface area (Å²) in [6, 6.07) is 13.7. The number of unbranched alkanes of at least 4 members (excludes halogenated alkanes) is 1. The molecule has 28 heavy (non-hydrogen) atoms. The number of amides is 1. The van der Waals surface area contributed by atoms with E-state index in [1.807, 2.05) is 31.2 Å². The maximum atomic E-state index is 12.5. The maximum Gasteiger partial charge on any atom is 0.255 e. The SMILES string of the molecule is CCCCN(C)S(=O)(=O)c1ccc(NC(=O)C2=Cc3ccccc3OC2)cc1. The summed E-state index contributed by atoms with van der Waals surface area (Å²) in [6.45, 7) is 2.69. The third kappa shape index (κ3) is 4.43. The van der Waals surface area contributed by atoms with Gasteiger partial charge in [-0.25, -0.2) is 12.7 Å². The predicted molar refractivity (Wildman–Crippen MR) is 110 cm³/mol. The van der Waals surface area contributed by atoms with E-state index in [0.717, 1.165) is 24.2 Å². The van der Waals surface area contributed by atoms with Gasteiger partial charge in [-0.3, -0.25) is 4.79 Å². The molecule has 0 atom stereocenters. The Kier molecular flexibility index (Phi) is 6.16. The Morgan fingerprint density at radius 2 is 1.86 bits per heavy atom. The summed E-state index contributed by atoms with van der Waals surface area (Å²) in [5.74, 6) is 0.478. The molecule has 1 N–H and O–H groups in total. The number of nitrogens with one attached hydrogen (secondary N) is 1. The van der Waals surface area contributed by atoms with Crippen LogP contribution in [0.15, 0.2) is 59.0 Å². The molecule has 1 aliphatic rings. The van der Waals surface area contributed by atoms with Crippen LogP contribution >= 0.6 is 0 Å². The van der Waals surface area contributed by atoms with Crippen LogP contribution in [0.4, 0.5) is 5.69 Å². The van der Waals surface area contributed by atoms with Crippen molar-refractivity contribution < 1.29 is 17.9 Å². The quantitative estimate of drug-likeness (QED) is 0.772. The Hall–Kier alpha value is -2.64. The van der Waals surface area contributed by atoms with Gasteiger partial charge in [0, 0.05) is 24.8 Å². The van der Waals surface area contributed by atoms with Gasteiger partial charge in [0.2, 0.25) is 10.0 Å². The van der Waals surface area contributed by atoms with Crippen LogP contribution in [-0.2, 0) is 14.8 Å². The summed E-state index contributed by atoms with van der Waals surface area (Å²) in [6.07, 6.45) is 3.54. The summed E-state index contributed by atoms with van der Waals surface area (Å²) in [4.78, 5) is 12.7. The molecule has 0 aromatic heterocycles. The van der Waals surface area contributed by atoms with Crippen LogP contribution in [0.3, 0.4) is 0 Å². The average Bonchev–Trinajstić information content (AvgIpc) is 2.71. The molecule has 1 amide bonds. The van der Waals surface area contributed by atoms with Gasteiger partial charge in [-0.2, -0.15) is 0 Å². The lowest BCUT2D eigenvalue weighted by molar-refractivity contribution is -0.113. The molecule has 0 saturated heterocycles. The van der Waals surface area contributed by atoms with E-state index in [1.54, 1.807) is 25.3 Å². The number of carbonyl (C=O) groups excluding carboxylic acids is 1. The summed E-state index contributed by atoms with van der Waals surface area (Å²) in [7, 11) is -1.94. The molecule has 2 aromatic carbocycles. The zero-order chi connectivity index (χ0) is 20.1. The first-order valence-electron chi connectivity index (χ1n) is 9.22. The minimum atomic E-state index is -3.52. The highest BCUT2D eigenvalue weighted by atomic mass is 32.2. The molecule has 0 spiro atoms. The van der Waals surface area contributed by atoms with Crippen LogP contribution in [0.5, 0.6) is 5.75 Å². The highest BCUT2D eigenvalue weighted by Gasteiger charge is 2.21. The standard InChI is InChI=1S/C21H24N2O4S/c1-3-4-13-23(2)28(25,26)19-11-9-18(10-12-19)22-21(24)17-14-16-7-5-6-8-20(16)27-15-17/h5-12,14H,3-4,13,15H2,1-2H3,(H,22,24). The van der Waals surface area contributed by atoms with Crippen molar-refractivity contribution in [3.05, 3.63) is 59.7 Å². The molecule has 3 rings (SSSR count). The highest BCUT2D eigenvalue weighted by molar-refractivity contribution is 7.89. The fourth-order valence-electron chi connectivity index (χ4n) is 2.85. The minimum Gasteiger partial charge on any atom is -0.488 e. The van der Waals surface area contributed by atoms with Crippen molar-refractivity contribution in [3.8, 4) is 5.75 Å². The van der Waals surface area contributed by atoms with E-state index in [4.69, 9.17) is 4.74 Å². The number of hydrogen-bond donors (Lipinski definition) is 1. The lowest BCUT2D eigenvalue weighted by Gasteiger charge is -2.18. The van der Waals surface area contributed by atoms with Gasteiger partial charge in [0.05, 0.1) is 10.5 Å². The second-order valence-electron chi connectivity index (χ2n) is 6.65. The maximum absolute atomic E-state index is 12.5. The Labute approximate surface area is 165 Å². The number of carbonyl (C=O) groups is 1. The number of sulfonamides is 1. The lowest BCUT2D eigenvalue weighted by Crippen LogP contribution is -2.28. The fourth-order valence-corrected chi connectivity index (χ4v) is 4.06. The number of ether oxygens (including phenoxy) is 1. The number of fused-ring (bicyclic) bond motifs is 1. The van der Waals surface area contributed by atoms with Crippen LogP contribution in [0.1, 0.15) is 25.3 Å². The number of rotatable bonds is 7. The van der Waals surface area contributed by atoms with Gasteiger partial charge in [0.1, 0.15) is 12.4 Å². The van der Waals surface area contributed by atoms with E-state index in [-0.39, 0.29) is 17.4 Å². The Balaban J connectivity index is 1.69. The molecule has 0 fully saturated rings. The van der Waals surface area contributed by atoms with Crippen molar-refractivity contribution in [1.29, 1.82) is 0 Å². The molecule has 148 valence electrons. The summed E-state index contributed by atoms with van der Waals surface area (Å²) < 4.78 is 32.1. The molecule has 0 radical (unpaired) electrons. The second kappa shape index (κ2) is 8.58. The molecule has 2 aromatic rings. The largest absolute Gasteiger partial charge is 0.488 e. The number of anilines is 1. The minimum absolute atomic E-state index is 0.192. The Morgan fingerprint density at radius 1 is 1.14 bits per heavy atom. The monoisotopic (exact) mass is 400 g/mol. The van der Waals surface area contributed by atoms with Crippen molar-refractivity contribution in [1.82, 2.24) is 4.31 Å². The molecule has 1 aliphatic heterocycles. The van der Waals surface area contributed by atoms with Crippen molar-refractivity contribution >= 4 is 27.7 Å². The zero-order valence-corrected chi connectivity index (χ0v) is 16.8. The fraction of sp³-hybridized carbons (Fsp3) is 0.286. The van der Waals surface area contributed by atoms with Gasteiger partial charge >= 0.3 is 0 Å². The van der Waals surface area contributed by atoms with E-state index in [2.05, 4.69) is 5.32 Å². The first-order chi connectivity index (χ1) is 13.4. The number of benzene rings is 2. The number of hydrogen-bond acceptors (Lipinski definition) is 4. The van der Waals surface area contributed by atoms with E-state index in [1.165, 1.54) is 16.4 Å². The van der Waals surface area contributed by atoms with Crippen LogP contribution in [0, 0.1) is 0 Å². The molecule has 6 nitrogen and oxygen atoms in total. The number of nitrogens with zero attached hydrogens (tertiary/aromatic N) is 1. The normalized spacial score (nSPS) is 13.5. The van der Waals surface area contributed by atoms with Crippen LogP contribution in [-0.4, -0.2) is 38.8 Å². The predicted octanol–water partition coefficient (Wildman–Crippen LogP) is 3.52. The molecule has 0 bridgehead atoms. The van der Waals surface area contributed by atoms with Gasteiger partial charge in [0.15, 0.2) is 0 Å². The van der Waals surface area contributed by atoms with Crippen molar-refractivity contribution in [2.24, 2.45) is 0 Å². The molecule has 1 heterocycles. The highest BCUT2D eigenvalue weighted by Crippen LogP contribution is 2.26. The second-order valence-corrected chi connectivity index (χ2v) is 8.70. The van der Waals surface area contributed by atoms with Crippen molar-refractivity contribution in [2.75, 3.05) is 25.5 Å². The topological polar surface area (TPSA) is 75.7 Å². The van der Waals surface area contributed by atoms with E-state index < -0.39 is 10.0 Å². The van der Waals surface area contributed by atoms with Crippen LogP contribution in [0.2, 0.25) is 0 Å². The molecule has 0 saturated carbocycles. The first-order valence-corrected chi connectivity index (χ1v) is 10.7. The molecular weight excluding hydrogens is 376 g/mol. The van der Waals surface area contributed by atoms with E-state index >= 15 is 0 Å².